The minimum Gasteiger partial charge on any atom is -0.496 e. The van der Waals surface area contributed by atoms with E-state index in [9.17, 15) is 9.90 Å². The summed E-state index contributed by atoms with van der Waals surface area (Å²) in [5, 5.41) is 12.2. The third-order valence-corrected chi connectivity index (χ3v) is 3.76. The average Bonchev–Trinajstić information content (AvgIpc) is 2.52. The van der Waals surface area contributed by atoms with Crippen LogP contribution in [0.5, 0.6) is 5.75 Å². The number of urea groups is 1. The number of nitrogens with zero attached hydrogens (tertiary/aromatic N) is 1. The number of rotatable bonds is 7. The Morgan fingerprint density at radius 1 is 1.32 bits per heavy atom. The summed E-state index contributed by atoms with van der Waals surface area (Å²) in [7, 11) is 3.32. The molecule has 1 aromatic carbocycles. The number of aliphatic hydroxyl groups is 1. The lowest BCUT2D eigenvalue weighted by Gasteiger charge is -2.28. The minimum absolute atomic E-state index is 0.0621. The van der Waals surface area contributed by atoms with Crippen molar-refractivity contribution in [2.75, 3.05) is 20.8 Å². The van der Waals surface area contributed by atoms with E-state index in [1.165, 1.54) is 4.90 Å². The molecule has 0 aliphatic rings. The van der Waals surface area contributed by atoms with Crippen LogP contribution in [0.4, 0.5) is 4.79 Å². The zero-order valence-corrected chi connectivity index (χ0v) is 14.2. The van der Waals surface area contributed by atoms with Crippen LogP contribution in [0, 0.1) is 5.92 Å². The molecule has 0 saturated heterocycles. The molecule has 2 unspecified atom stereocenters. The predicted octanol–water partition coefficient (Wildman–Crippen LogP) is 2.80. The quantitative estimate of drug-likeness (QED) is 0.814. The Morgan fingerprint density at radius 2 is 1.95 bits per heavy atom. The summed E-state index contributed by atoms with van der Waals surface area (Å²) in [5.41, 5.74) is 0.970. The number of hydrogen-bond acceptors (Lipinski definition) is 3. The van der Waals surface area contributed by atoms with Gasteiger partial charge in [-0.05, 0) is 25.3 Å². The van der Waals surface area contributed by atoms with Crippen LogP contribution in [0.3, 0.4) is 0 Å². The molecule has 0 fully saturated rings. The number of methoxy groups -OCH3 is 1. The third kappa shape index (κ3) is 4.91. The number of nitrogens with one attached hydrogen (secondary N) is 1. The third-order valence-electron chi connectivity index (χ3n) is 3.76. The molecule has 22 heavy (non-hydrogen) atoms. The van der Waals surface area contributed by atoms with E-state index >= 15 is 0 Å². The Kier molecular flexibility index (Phi) is 7.18. The Balaban J connectivity index is 2.96. The van der Waals surface area contributed by atoms with Gasteiger partial charge in [-0.2, -0.15) is 0 Å². The SMILES string of the molecule is COc1ccccc1C(CC(C)C)NC(=O)N(C)C(C)CO. The first-order chi connectivity index (χ1) is 10.4. The number of aliphatic hydroxyl groups excluding tert-OH is 1. The van der Waals surface area contributed by atoms with Gasteiger partial charge in [0, 0.05) is 12.6 Å². The van der Waals surface area contributed by atoms with Crippen molar-refractivity contribution < 1.29 is 14.6 Å². The summed E-state index contributed by atoms with van der Waals surface area (Å²) >= 11 is 0. The number of para-hydroxylation sites is 1. The zero-order chi connectivity index (χ0) is 16.7. The van der Waals surface area contributed by atoms with E-state index in [4.69, 9.17) is 4.74 Å². The van der Waals surface area contributed by atoms with Crippen molar-refractivity contribution in [1.29, 1.82) is 0 Å². The molecule has 0 spiro atoms. The van der Waals surface area contributed by atoms with Crippen LogP contribution in [-0.2, 0) is 0 Å². The molecular formula is C17H28N2O3. The molecule has 5 nitrogen and oxygen atoms in total. The first-order valence-corrected chi connectivity index (χ1v) is 7.67. The lowest BCUT2D eigenvalue weighted by molar-refractivity contribution is 0.153. The van der Waals surface area contributed by atoms with Gasteiger partial charge in [0.2, 0.25) is 0 Å². The lowest BCUT2D eigenvalue weighted by atomic mass is 9.96. The largest absolute Gasteiger partial charge is 0.496 e. The number of hydrogen-bond donors (Lipinski definition) is 2. The second-order valence-corrected chi connectivity index (χ2v) is 6.02. The van der Waals surface area contributed by atoms with Crippen molar-refractivity contribution in [2.45, 2.75) is 39.3 Å². The number of amides is 2. The standard InChI is InChI=1S/C17H28N2O3/c1-12(2)10-15(14-8-6-7-9-16(14)22-5)18-17(21)19(4)13(3)11-20/h6-9,12-13,15,20H,10-11H2,1-5H3,(H,18,21). The Morgan fingerprint density at radius 3 is 2.50 bits per heavy atom. The molecule has 5 heteroatoms. The van der Waals surface area contributed by atoms with Gasteiger partial charge in [-0.1, -0.05) is 32.0 Å². The van der Waals surface area contributed by atoms with E-state index in [0.717, 1.165) is 17.7 Å². The van der Waals surface area contributed by atoms with E-state index in [1.54, 1.807) is 21.1 Å². The molecule has 124 valence electrons. The Hall–Kier alpha value is -1.75. The van der Waals surface area contributed by atoms with Crippen molar-refractivity contribution in [3.63, 3.8) is 0 Å². The van der Waals surface area contributed by atoms with E-state index in [0.29, 0.717) is 5.92 Å². The average molecular weight is 308 g/mol. The van der Waals surface area contributed by atoms with Crippen LogP contribution >= 0.6 is 0 Å². The first kappa shape index (κ1) is 18.3. The fraction of sp³-hybridized carbons (Fsp3) is 0.588. The molecule has 1 rings (SSSR count). The molecule has 0 aliphatic heterocycles. The van der Waals surface area contributed by atoms with Gasteiger partial charge < -0.3 is 20.1 Å². The van der Waals surface area contributed by atoms with Crippen molar-refractivity contribution >= 4 is 6.03 Å². The number of benzene rings is 1. The monoisotopic (exact) mass is 308 g/mol. The highest BCUT2D eigenvalue weighted by Gasteiger charge is 2.22. The van der Waals surface area contributed by atoms with Crippen LogP contribution in [0.15, 0.2) is 24.3 Å². The van der Waals surface area contributed by atoms with Gasteiger partial charge in [-0.3, -0.25) is 0 Å². The fourth-order valence-corrected chi connectivity index (χ4v) is 2.26. The highest BCUT2D eigenvalue weighted by Crippen LogP contribution is 2.29. The highest BCUT2D eigenvalue weighted by atomic mass is 16.5. The molecule has 2 amide bonds. The van der Waals surface area contributed by atoms with Crippen LogP contribution in [0.1, 0.15) is 38.8 Å². The van der Waals surface area contributed by atoms with Crippen LogP contribution < -0.4 is 10.1 Å². The van der Waals surface area contributed by atoms with Crippen molar-refractivity contribution in [3.05, 3.63) is 29.8 Å². The lowest BCUT2D eigenvalue weighted by Crippen LogP contribution is -2.45. The Labute approximate surface area is 133 Å². The molecular weight excluding hydrogens is 280 g/mol. The van der Waals surface area contributed by atoms with Crippen molar-refractivity contribution in [1.82, 2.24) is 10.2 Å². The summed E-state index contributed by atoms with van der Waals surface area (Å²) in [6.45, 7) is 5.98. The molecule has 0 aromatic heterocycles. The Bertz CT molecular complexity index is 477. The molecule has 0 saturated carbocycles. The van der Waals surface area contributed by atoms with E-state index in [-0.39, 0.29) is 24.7 Å². The van der Waals surface area contributed by atoms with Gasteiger partial charge in [0.05, 0.1) is 25.8 Å². The topological polar surface area (TPSA) is 61.8 Å². The molecule has 2 N–H and O–H groups in total. The molecule has 0 aliphatic carbocycles. The second-order valence-electron chi connectivity index (χ2n) is 6.02. The maximum Gasteiger partial charge on any atom is 0.317 e. The summed E-state index contributed by atoms with van der Waals surface area (Å²) in [6.07, 6.45) is 0.813. The highest BCUT2D eigenvalue weighted by molar-refractivity contribution is 5.75. The van der Waals surface area contributed by atoms with Gasteiger partial charge >= 0.3 is 6.03 Å². The first-order valence-electron chi connectivity index (χ1n) is 7.67. The molecule has 0 heterocycles. The number of likely N-dealkylation sites (N-methyl/N-ethyl adjacent to an activating group) is 1. The van der Waals surface area contributed by atoms with Gasteiger partial charge in [-0.25, -0.2) is 4.79 Å². The van der Waals surface area contributed by atoms with Gasteiger partial charge in [0.1, 0.15) is 5.75 Å². The van der Waals surface area contributed by atoms with Crippen molar-refractivity contribution in [2.24, 2.45) is 5.92 Å². The maximum absolute atomic E-state index is 12.4. The summed E-state index contributed by atoms with van der Waals surface area (Å²) in [4.78, 5) is 13.9. The van der Waals surface area contributed by atoms with Crippen LogP contribution in [-0.4, -0.2) is 42.8 Å². The van der Waals surface area contributed by atoms with Gasteiger partial charge in [0.15, 0.2) is 0 Å². The molecule has 2 atom stereocenters. The number of carbonyl (C=O) groups excluding carboxylic acids is 1. The van der Waals surface area contributed by atoms with Crippen LogP contribution in [0.25, 0.3) is 0 Å². The van der Waals surface area contributed by atoms with E-state index in [2.05, 4.69) is 19.2 Å². The van der Waals surface area contributed by atoms with E-state index in [1.807, 2.05) is 24.3 Å². The molecule has 0 bridgehead atoms. The van der Waals surface area contributed by atoms with Crippen molar-refractivity contribution in [3.8, 4) is 5.75 Å². The number of carbonyl (C=O) groups is 1. The number of ether oxygens (including phenoxy) is 1. The van der Waals surface area contributed by atoms with Gasteiger partial charge in [-0.15, -0.1) is 0 Å². The molecule has 0 radical (unpaired) electrons. The predicted molar refractivity (Wildman–Crippen MR) is 88.0 cm³/mol. The van der Waals surface area contributed by atoms with Gasteiger partial charge in [0.25, 0.3) is 0 Å². The second kappa shape index (κ2) is 8.63. The smallest absolute Gasteiger partial charge is 0.317 e. The molecule has 1 aromatic rings. The van der Waals surface area contributed by atoms with E-state index < -0.39 is 0 Å². The fourth-order valence-electron chi connectivity index (χ4n) is 2.26. The summed E-state index contributed by atoms with van der Waals surface area (Å²) in [6, 6.07) is 7.18. The summed E-state index contributed by atoms with van der Waals surface area (Å²) < 4.78 is 5.41. The normalized spacial score (nSPS) is 13.6. The zero-order valence-electron chi connectivity index (χ0n) is 14.2. The summed E-state index contributed by atoms with van der Waals surface area (Å²) in [5.74, 6) is 1.20. The van der Waals surface area contributed by atoms with Crippen LogP contribution in [0.2, 0.25) is 0 Å². The minimum atomic E-state index is -0.225. The maximum atomic E-state index is 12.4.